The Labute approximate surface area is 187 Å². The van der Waals surface area contributed by atoms with Gasteiger partial charge in [0.05, 0.1) is 25.0 Å². The Kier molecular flexibility index (Phi) is 11.8. The molecular weight excluding hydrogens is 422 g/mol. The summed E-state index contributed by atoms with van der Waals surface area (Å²) >= 11 is 3.46. The molecule has 1 aromatic rings. The minimum Gasteiger partial charge on any atom is -0.469 e. The molecule has 1 aliphatic rings. The van der Waals surface area contributed by atoms with Crippen LogP contribution in [-0.4, -0.2) is 52.2 Å². The summed E-state index contributed by atoms with van der Waals surface area (Å²) in [5, 5.41) is 35.7. The number of thiophene rings is 1. The molecule has 0 aliphatic heterocycles. The van der Waals surface area contributed by atoms with E-state index in [1.54, 1.807) is 23.1 Å². The molecule has 1 aromatic heterocycles. The van der Waals surface area contributed by atoms with E-state index in [1.807, 2.05) is 6.07 Å². The highest BCUT2D eigenvalue weighted by molar-refractivity contribution is 7.98. The summed E-state index contributed by atoms with van der Waals surface area (Å²) in [5.74, 6) is 1.53. The average molecular weight is 458 g/mol. The molecule has 1 fully saturated rings. The van der Waals surface area contributed by atoms with Gasteiger partial charge in [-0.15, -0.1) is 11.3 Å². The molecule has 2 rings (SSSR count). The molecular formula is C22H35NO5S2. The highest BCUT2D eigenvalue weighted by atomic mass is 32.2. The third-order valence-electron chi connectivity index (χ3n) is 5.83. The first-order valence-corrected chi connectivity index (χ1v) is 12.8. The lowest BCUT2D eigenvalue weighted by molar-refractivity contribution is -0.140. The van der Waals surface area contributed by atoms with Crippen LogP contribution in [0.2, 0.25) is 0 Å². The number of aliphatic hydroxyl groups excluding tert-OH is 2. The molecule has 1 heterocycles. The summed E-state index contributed by atoms with van der Waals surface area (Å²) in [4.78, 5) is 12.5. The molecule has 0 amide bonds. The molecule has 3 N–H and O–H groups in total. The van der Waals surface area contributed by atoms with Crippen LogP contribution in [0.5, 0.6) is 0 Å². The van der Waals surface area contributed by atoms with E-state index in [9.17, 15) is 20.2 Å². The molecule has 8 heteroatoms. The summed E-state index contributed by atoms with van der Waals surface area (Å²) in [7, 11) is 1.41. The van der Waals surface area contributed by atoms with Crippen molar-refractivity contribution in [3.63, 3.8) is 0 Å². The van der Waals surface area contributed by atoms with Crippen molar-refractivity contribution in [1.29, 1.82) is 0 Å². The second-order valence-electron chi connectivity index (χ2n) is 7.99. The van der Waals surface area contributed by atoms with Gasteiger partial charge in [0.2, 0.25) is 0 Å². The number of rotatable bonds is 14. The fraction of sp³-hybridized carbons (Fsp3) is 0.727. The van der Waals surface area contributed by atoms with Crippen molar-refractivity contribution < 1.29 is 25.0 Å². The van der Waals surface area contributed by atoms with Crippen LogP contribution in [0.1, 0.15) is 62.7 Å². The van der Waals surface area contributed by atoms with Gasteiger partial charge in [-0.3, -0.25) is 4.79 Å². The zero-order chi connectivity index (χ0) is 21.8. The minimum atomic E-state index is -0.485. The number of esters is 1. The number of nitrogens with zero attached hydrogens (tertiary/aromatic N) is 1. The topological polar surface area (TPSA) is 99.4 Å². The first kappa shape index (κ1) is 25.2. The van der Waals surface area contributed by atoms with Gasteiger partial charge in [-0.1, -0.05) is 30.5 Å². The van der Waals surface area contributed by atoms with Crippen molar-refractivity contribution in [3.8, 4) is 0 Å². The largest absolute Gasteiger partial charge is 0.469 e. The number of carbonyl (C=O) groups is 1. The standard InChI is InChI=1S/C22H35NO5S2/c1-28-22(26)9-5-3-2-4-8-19-18(20(23-27)13-21(19)25)11-10-16(24)14-29-15-17-7-6-12-30-17/h6-7,12,16,18-19,21,24-25,27H,2-5,8-11,13-15H2,1H3/b23-20-. The number of aliphatic hydroxyl groups is 2. The lowest BCUT2D eigenvalue weighted by atomic mass is 9.85. The lowest BCUT2D eigenvalue weighted by Gasteiger charge is -2.23. The van der Waals surface area contributed by atoms with Gasteiger partial charge in [-0.2, -0.15) is 11.8 Å². The predicted molar refractivity (Wildman–Crippen MR) is 122 cm³/mol. The van der Waals surface area contributed by atoms with E-state index in [1.165, 1.54) is 12.0 Å². The zero-order valence-electron chi connectivity index (χ0n) is 17.7. The third kappa shape index (κ3) is 8.57. The molecule has 0 bridgehead atoms. The normalized spacial score (nSPS) is 23.7. The van der Waals surface area contributed by atoms with Crippen molar-refractivity contribution in [2.45, 2.75) is 75.7 Å². The summed E-state index contributed by atoms with van der Waals surface area (Å²) in [6.45, 7) is 0. The van der Waals surface area contributed by atoms with Gasteiger partial charge in [0.1, 0.15) is 0 Å². The molecule has 0 saturated heterocycles. The SMILES string of the molecule is COC(=O)CCCCCCC1C(O)C/C(=N/O)C1CCC(O)CSCc1cccs1. The molecule has 0 aromatic carbocycles. The van der Waals surface area contributed by atoms with Gasteiger partial charge in [0, 0.05) is 35.1 Å². The number of thioether (sulfide) groups is 1. The van der Waals surface area contributed by atoms with E-state index in [4.69, 9.17) is 0 Å². The van der Waals surface area contributed by atoms with E-state index < -0.39 is 12.2 Å². The molecule has 1 saturated carbocycles. The maximum absolute atomic E-state index is 11.1. The summed E-state index contributed by atoms with van der Waals surface area (Å²) in [6.07, 6.45) is 5.98. The molecule has 4 atom stereocenters. The number of ether oxygens (including phenoxy) is 1. The summed E-state index contributed by atoms with van der Waals surface area (Å²) < 4.78 is 4.65. The lowest BCUT2D eigenvalue weighted by Crippen LogP contribution is -2.23. The first-order valence-electron chi connectivity index (χ1n) is 10.8. The summed E-state index contributed by atoms with van der Waals surface area (Å²) in [6, 6.07) is 4.14. The quantitative estimate of drug-likeness (QED) is 0.165. The van der Waals surface area contributed by atoms with Gasteiger partial charge in [-0.05, 0) is 43.0 Å². The fourth-order valence-electron chi connectivity index (χ4n) is 4.17. The number of hydrogen-bond donors (Lipinski definition) is 3. The van der Waals surface area contributed by atoms with Crippen LogP contribution in [0.3, 0.4) is 0 Å². The highest BCUT2D eigenvalue weighted by Crippen LogP contribution is 2.37. The van der Waals surface area contributed by atoms with Gasteiger partial charge in [0.15, 0.2) is 0 Å². The fourth-order valence-corrected chi connectivity index (χ4v) is 6.04. The van der Waals surface area contributed by atoms with Crippen LogP contribution in [0.25, 0.3) is 0 Å². The van der Waals surface area contributed by atoms with E-state index in [2.05, 4.69) is 21.3 Å². The number of methoxy groups -OCH3 is 1. The van der Waals surface area contributed by atoms with Gasteiger partial charge < -0.3 is 20.2 Å². The van der Waals surface area contributed by atoms with Crippen molar-refractivity contribution in [2.24, 2.45) is 17.0 Å². The average Bonchev–Trinajstić information content (AvgIpc) is 3.36. The smallest absolute Gasteiger partial charge is 0.305 e. The van der Waals surface area contributed by atoms with Crippen LogP contribution in [0.15, 0.2) is 22.7 Å². The summed E-state index contributed by atoms with van der Waals surface area (Å²) in [5.41, 5.74) is 0.664. The van der Waals surface area contributed by atoms with Crippen molar-refractivity contribution in [1.82, 2.24) is 0 Å². The van der Waals surface area contributed by atoms with Crippen LogP contribution in [0.4, 0.5) is 0 Å². The van der Waals surface area contributed by atoms with Crippen LogP contribution < -0.4 is 0 Å². The Balaban J connectivity index is 1.70. The molecule has 0 radical (unpaired) electrons. The van der Waals surface area contributed by atoms with Crippen molar-refractivity contribution in [3.05, 3.63) is 22.4 Å². The molecule has 1 aliphatic carbocycles. The van der Waals surface area contributed by atoms with Crippen molar-refractivity contribution in [2.75, 3.05) is 12.9 Å². The number of unbranched alkanes of at least 4 members (excludes halogenated alkanes) is 3. The van der Waals surface area contributed by atoms with Crippen molar-refractivity contribution >= 4 is 34.8 Å². The maximum Gasteiger partial charge on any atom is 0.305 e. The first-order chi connectivity index (χ1) is 14.5. The second kappa shape index (κ2) is 14.1. The van der Waals surface area contributed by atoms with E-state index in [0.717, 1.165) is 44.3 Å². The Morgan fingerprint density at radius 3 is 2.83 bits per heavy atom. The number of hydrogen-bond acceptors (Lipinski definition) is 8. The molecule has 30 heavy (non-hydrogen) atoms. The molecule has 6 nitrogen and oxygen atoms in total. The molecule has 0 spiro atoms. The zero-order valence-corrected chi connectivity index (χ0v) is 19.4. The monoisotopic (exact) mass is 457 g/mol. The maximum atomic E-state index is 11.1. The Hall–Kier alpha value is -1.09. The van der Waals surface area contributed by atoms with Gasteiger partial charge in [-0.25, -0.2) is 0 Å². The van der Waals surface area contributed by atoms with E-state index in [-0.39, 0.29) is 17.8 Å². The number of carbonyl (C=O) groups excluding carboxylic acids is 1. The number of oxime groups is 1. The van der Waals surface area contributed by atoms with E-state index >= 15 is 0 Å². The minimum absolute atomic E-state index is 0.0250. The predicted octanol–water partition coefficient (Wildman–Crippen LogP) is 4.46. The molecule has 170 valence electrons. The Morgan fingerprint density at radius 2 is 2.13 bits per heavy atom. The third-order valence-corrected chi connectivity index (χ3v) is 8.02. The van der Waals surface area contributed by atoms with E-state index in [0.29, 0.717) is 30.7 Å². The highest BCUT2D eigenvalue weighted by Gasteiger charge is 2.39. The van der Waals surface area contributed by atoms with Crippen LogP contribution in [-0.2, 0) is 15.3 Å². The Bertz CT molecular complexity index is 637. The second-order valence-corrected chi connectivity index (χ2v) is 10.1. The van der Waals surface area contributed by atoms with Gasteiger partial charge >= 0.3 is 5.97 Å². The van der Waals surface area contributed by atoms with Crippen LogP contribution >= 0.6 is 23.1 Å². The van der Waals surface area contributed by atoms with Crippen LogP contribution in [0, 0.1) is 11.8 Å². The molecule has 4 unspecified atom stereocenters. The van der Waals surface area contributed by atoms with Gasteiger partial charge in [0.25, 0.3) is 0 Å². The Morgan fingerprint density at radius 1 is 1.33 bits per heavy atom.